The lowest BCUT2D eigenvalue weighted by Gasteiger charge is -2.40. The molecule has 1 aliphatic rings. The van der Waals surface area contributed by atoms with Gasteiger partial charge < -0.3 is 50.7 Å². The first-order chi connectivity index (χ1) is 11.0. The van der Waals surface area contributed by atoms with Gasteiger partial charge in [-0.3, -0.25) is 4.79 Å². The molecule has 9 N–H and O–H groups in total. The third-order valence-corrected chi connectivity index (χ3v) is 3.71. The van der Waals surface area contributed by atoms with E-state index in [9.17, 15) is 40.2 Å². The van der Waals surface area contributed by atoms with E-state index in [1.165, 1.54) is 0 Å². The van der Waals surface area contributed by atoms with Gasteiger partial charge in [0.15, 0.2) is 11.9 Å². The predicted molar refractivity (Wildman–Crippen MR) is 70.4 cm³/mol. The summed E-state index contributed by atoms with van der Waals surface area (Å²) in [6, 6.07) is 0. The van der Waals surface area contributed by atoms with Gasteiger partial charge in [-0.2, -0.15) is 0 Å². The summed E-state index contributed by atoms with van der Waals surface area (Å²) in [5.74, 6) is -3.38. The predicted octanol–water partition coefficient (Wildman–Crippen LogP) is -6.07. The van der Waals surface area contributed by atoms with Crippen LogP contribution in [0.2, 0.25) is 0 Å². The molecular weight excluding hydrogens is 336 g/mol. The number of carboxylic acids is 1. The van der Waals surface area contributed by atoms with Gasteiger partial charge >= 0.3 is 5.97 Å². The maximum atomic E-state index is 12.1. The van der Waals surface area contributed by atoms with Crippen molar-refractivity contribution in [3.63, 3.8) is 0 Å². The maximum Gasteiger partial charge on any atom is 0.335 e. The van der Waals surface area contributed by atoms with Gasteiger partial charge in [-0.15, -0.1) is 0 Å². The number of carbonyl (C=O) groups excluding carboxylic acids is 1. The van der Waals surface area contributed by atoms with Crippen molar-refractivity contribution in [2.24, 2.45) is 0 Å². The van der Waals surface area contributed by atoms with Gasteiger partial charge in [0.25, 0.3) is 0 Å². The molecular formula is C12H20O12. The van der Waals surface area contributed by atoms with Crippen LogP contribution in [0.4, 0.5) is 0 Å². The van der Waals surface area contributed by atoms with E-state index in [0.717, 1.165) is 0 Å². The maximum absolute atomic E-state index is 12.1. The van der Waals surface area contributed by atoms with Gasteiger partial charge in [0, 0.05) is 0 Å². The minimum absolute atomic E-state index is 0.840. The van der Waals surface area contributed by atoms with Crippen molar-refractivity contribution in [1.29, 1.82) is 0 Å². The molecule has 0 amide bonds. The summed E-state index contributed by atoms with van der Waals surface area (Å²) in [4.78, 5) is 22.6. The highest BCUT2D eigenvalue weighted by atomic mass is 16.5. The number of carbonyl (C=O) groups is 2. The van der Waals surface area contributed by atoms with E-state index in [1.54, 1.807) is 0 Å². The van der Waals surface area contributed by atoms with Crippen molar-refractivity contribution in [2.45, 2.75) is 54.9 Å². The van der Waals surface area contributed by atoms with Crippen LogP contribution in [0, 0.1) is 0 Å². The van der Waals surface area contributed by atoms with Gasteiger partial charge in [-0.1, -0.05) is 0 Å². The van der Waals surface area contributed by atoms with Crippen molar-refractivity contribution < 1.29 is 60.3 Å². The third kappa shape index (κ3) is 4.05. The molecule has 0 bridgehead atoms. The molecule has 140 valence electrons. The number of ketones is 1. The second kappa shape index (κ2) is 8.24. The Morgan fingerprint density at radius 3 is 1.83 bits per heavy atom. The highest BCUT2D eigenvalue weighted by molar-refractivity contribution is 5.88. The molecule has 12 nitrogen and oxygen atoms in total. The quantitative estimate of drug-likeness (QED) is 0.208. The van der Waals surface area contributed by atoms with Crippen LogP contribution < -0.4 is 0 Å². The van der Waals surface area contributed by atoms with Crippen LogP contribution in [0.5, 0.6) is 0 Å². The van der Waals surface area contributed by atoms with Crippen molar-refractivity contribution in [2.75, 3.05) is 6.61 Å². The molecule has 1 aliphatic heterocycles. The van der Waals surface area contributed by atoms with Crippen LogP contribution in [0.25, 0.3) is 0 Å². The van der Waals surface area contributed by atoms with Crippen molar-refractivity contribution >= 4 is 11.8 Å². The lowest BCUT2D eigenvalue weighted by atomic mass is 9.89. The van der Waals surface area contributed by atoms with Crippen LogP contribution in [-0.2, 0) is 14.3 Å². The highest BCUT2D eigenvalue weighted by Gasteiger charge is 2.49. The van der Waals surface area contributed by atoms with Crippen molar-refractivity contribution in [3.8, 4) is 0 Å². The normalized spacial score (nSPS) is 35.8. The Morgan fingerprint density at radius 1 is 0.875 bits per heavy atom. The largest absolute Gasteiger partial charge is 0.479 e. The molecule has 0 unspecified atom stereocenters. The smallest absolute Gasteiger partial charge is 0.335 e. The number of ether oxygens (including phenoxy) is 1. The fourth-order valence-electron chi connectivity index (χ4n) is 2.19. The summed E-state index contributed by atoms with van der Waals surface area (Å²) in [5, 5.41) is 84.1. The number of carboxylic acid groups (broad SMARTS) is 1. The fourth-order valence-corrected chi connectivity index (χ4v) is 2.19. The highest BCUT2D eigenvalue weighted by Crippen LogP contribution is 2.23. The lowest BCUT2D eigenvalue weighted by Crippen LogP contribution is -2.63. The van der Waals surface area contributed by atoms with Gasteiger partial charge in [0.05, 0.1) is 6.61 Å². The average molecular weight is 356 g/mol. The molecule has 0 radical (unpaired) electrons. The van der Waals surface area contributed by atoms with E-state index in [1.807, 2.05) is 0 Å². The summed E-state index contributed by atoms with van der Waals surface area (Å²) in [6.45, 7) is -0.840. The Labute approximate surface area is 134 Å². The number of hydrogen-bond acceptors (Lipinski definition) is 11. The van der Waals surface area contributed by atoms with Crippen LogP contribution in [0.15, 0.2) is 0 Å². The van der Waals surface area contributed by atoms with E-state index in [0.29, 0.717) is 0 Å². The SMILES string of the molecule is O=C(O)[C@@H](O)[C@@H](O)[C@H](O)[C@@H](O)C(=O)[C@@H]1O[C@H](CO)[C@@H](O)[C@H](O)[C@H]1O. The van der Waals surface area contributed by atoms with E-state index in [2.05, 4.69) is 0 Å². The molecule has 12 heteroatoms. The molecule has 0 saturated carbocycles. The second-order valence-corrected chi connectivity index (χ2v) is 5.36. The van der Waals surface area contributed by atoms with E-state index in [-0.39, 0.29) is 0 Å². The lowest BCUT2D eigenvalue weighted by molar-refractivity contribution is -0.231. The molecule has 1 heterocycles. The molecule has 1 rings (SSSR count). The van der Waals surface area contributed by atoms with Gasteiger partial charge in [-0.05, 0) is 0 Å². The van der Waals surface area contributed by atoms with E-state index < -0.39 is 73.3 Å². The number of aliphatic carboxylic acids is 1. The first kappa shape index (κ1) is 20.8. The molecule has 0 aromatic carbocycles. The molecule has 1 saturated heterocycles. The molecule has 9 atom stereocenters. The summed E-state index contributed by atoms with van der Waals surface area (Å²) >= 11 is 0. The molecule has 1 fully saturated rings. The van der Waals surface area contributed by atoms with E-state index >= 15 is 0 Å². The van der Waals surface area contributed by atoms with Crippen molar-refractivity contribution in [1.82, 2.24) is 0 Å². The van der Waals surface area contributed by atoms with Gasteiger partial charge in [-0.25, -0.2) is 4.79 Å². The summed E-state index contributed by atoms with van der Waals surface area (Å²) in [6.07, 6.45) is -19.0. The summed E-state index contributed by atoms with van der Waals surface area (Å²) in [5.41, 5.74) is 0. The Bertz CT molecular complexity index is 453. The standard InChI is InChI=1S/C12H20O12/c13-1-2-3(14)4(15)8(19)11(24-2)9(20)6(17)5(16)7(18)10(21)12(22)23/h2-8,10-11,13-19,21H,1H2,(H,22,23)/t2-,3-,4+,5-,6-,7+,8-,10+,11-/m1/s1. The monoisotopic (exact) mass is 356 g/mol. The van der Waals surface area contributed by atoms with Crippen molar-refractivity contribution in [3.05, 3.63) is 0 Å². The number of Topliss-reactive ketones (excluding diaryl/α,β-unsaturated/α-hetero) is 1. The summed E-state index contributed by atoms with van der Waals surface area (Å²) < 4.78 is 4.86. The van der Waals surface area contributed by atoms with Crippen LogP contribution in [-0.4, -0.2) is 119 Å². The molecule has 0 aliphatic carbocycles. The minimum Gasteiger partial charge on any atom is -0.479 e. The topological polar surface area (TPSA) is 225 Å². The molecule has 0 aromatic heterocycles. The Morgan fingerprint density at radius 2 is 1.38 bits per heavy atom. The number of aliphatic hydroxyl groups excluding tert-OH is 8. The fraction of sp³-hybridized carbons (Fsp3) is 0.833. The second-order valence-electron chi connectivity index (χ2n) is 5.36. The average Bonchev–Trinajstić information content (AvgIpc) is 2.56. The number of aliphatic hydroxyl groups is 8. The number of rotatable bonds is 7. The van der Waals surface area contributed by atoms with E-state index in [4.69, 9.17) is 20.1 Å². The zero-order valence-corrected chi connectivity index (χ0v) is 12.2. The minimum atomic E-state index is -2.50. The Kier molecular flexibility index (Phi) is 7.15. The number of hydrogen-bond donors (Lipinski definition) is 9. The first-order valence-electron chi connectivity index (χ1n) is 6.83. The zero-order chi connectivity index (χ0) is 18.8. The van der Waals surface area contributed by atoms with Gasteiger partial charge in [0.1, 0.15) is 48.8 Å². The van der Waals surface area contributed by atoms with Gasteiger partial charge in [0.2, 0.25) is 0 Å². The third-order valence-electron chi connectivity index (χ3n) is 3.71. The molecule has 0 aromatic rings. The molecule has 24 heavy (non-hydrogen) atoms. The Hall–Kier alpha value is -1.22. The Balaban J connectivity index is 2.89. The zero-order valence-electron chi connectivity index (χ0n) is 12.2. The molecule has 0 spiro atoms. The van der Waals surface area contributed by atoms with Crippen LogP contribution >= 0.6 is 0 Å². The summed E-state index contributed by atoms with van der Waals surface area (Å²) in [7, 11) is 0. The van der Waals surface area contributed by atoms with Crippen LogP contribution in [0.1, 0.15) is 0 Å². The first-order valence-corrected chi connectivity index (χ1v) is 6.83. The van der Waals surface area contributed by atoms with Crippen LogP contribution in [0.3, 0.4) is 0 Å².